The Hall–Kier alpha value is -7.90. The van der Waals surface area contributed by atoms with Crippen molar-refractivity contribution in [1.29, 1.82) is 15.8 Å². The summed E-state index contributed by atoms with van der Waals surface area (Å²) in [6.07, 6.45) is 0. The molecule has 6 aromatic rings. The first-order valence-electron chi connectivity index (χ1n) is 23.3. The highest BCUT2D eigenvalue weighted by molar-refractivity contribution is 14.1. The van der Waals surface area contributed by atoms with Crippen LogP contribution in [0.25, 0.3) is 0 Å². The van der Waals surface area contributed by atoms with Gasteiger partial charge in [0, 0.05) is 64.8 Å². The molecule has 5 heteroatoms. The topological polar surface area (TPSA) is 71.4 Å². The SMILES string of the molecule is CC(C)(C)c1cc(C#Cc2cc(I)cc(C#N)c2)cc(C#Cc2cc(C#N)cc(C#Cc3cc(C#Cc4cc(C#N)cc(C#Cc5cc(C#C[Si](C)(C)C)cc(C(C)(C)C)c5)c4)cc(C(C)(C)C)c3)c2)c1. The van der Waals surface area contributed by atoms with Crippen LogP contribution in [-0.2, 0) is 16.2 Å². The molecule has 0 aliphatic carbocycles. The van der Waals surface area contributed by atoms with Crippen molar-refractivity contribution in [2.45, 2.75) is 98.2 Å². The first-order valence-corrected chi connectivity index (χ1v) is 27.8. The van der Waals surface area contributed by atoms with Crippen LogP contribution in [0.3, 0.4) is 0 Å². The van der Waals surface area contributed by atoms with Crippen molar-refractivity contribution in [3.63, 3.8) is 0 Å². The largest absolute Gasteiger partial charge is 0.192 e. The first-order chi connectivity index (χ1) is 33.3. The maximum absolute atomic E-state index is 10.0. The average Bonchev–Trinajstić information content (AvgIpc) is 3.31. The summed E-state index contributed by atoms with van der Waals surface area (Å²) >= 11 is 2.20. The highest BCUT2D eigenvalue weighted by atomic mass is 127. The molecule has 0 heterocycles. The molecule has 0 fully saturated rings. The second-order valence-corrected chi connectivity index (χ2v) is 27.6. The Bertz CT molecular complexity index is 3650. The van der Waals surface area contributed by atoms with Crippen LogP contribution in [0.4, 0.5) is 0 Å². The minimum Gasteiger partial charge on any atom is -0.192 e. The lowest BCUT2D eigenvalue weighted by molar-refractivity contribution is 0.589. The summed E-state index contributed by atoms with van der Waals surface area (Å²) in [5.41, 5.74) is 16.4. The summed E-state index contributed by atoms with van der Waals surface area (Å²) in [7, 11) is -1.58. The molecule has 344 valence electrons. The molecule has 0 amide bonds. The van der Waals surface area contributed by atoms with Crippen LogP contribution in [-0.4, -0.2) is 8.07 Å². The van der Waals surface area contributed by atoms with E-state index in [1.807, 2.05) is 42.5 Å². The Morgan fingerprint density at radius 1 is 0.296 bits per heavy atom. The third kappa shape index (κ3) is 15.8. The molecule has 0 unspecified atom stereocenters. The zero-order chi connectivity index (χ0) is 51.7. The Labute approximate surface area is 437 Å². The third-order valence-corrected chi connectivity index (χ3v) is 12.4. The van der Waals surface area contributed by atoms with Gasteiger partial charge in [0.05, 0.1) is 34.9 Å². The number of hydrogen-bond donors (Lipinski definition) is 0. The van der Waals surface area contributed by atoms with E-state index >= 15 is 0 Å². The van der Waals surface area contributed by atoms with Gasteiger partial charge < -0.3 is 0 Å². The van der Waals surface area contributed by atoms with Crippen LogP contribution >= 0.6 is 22.6 Å². The van der Waals surface area contributed by atoms with Crippen molar-refractivity contribution >= 4 is 30.7 Å². The van der Waals surface area contributed by atoms with Crippen LogP contribution in [0.2, 0.25) is 19.6 Å². The molecule has 0 N–H and O–H groups in total. The van der Waals surface area contributed by atoms with Crippen molar-refractivity contribution in [2.75, 3.05) is 0 Å². The van der Waals surface area contributed by atoms with E-state index < -0.39 is 8.07 Å². The van der Waals surface area contributed by atoms with Crippen LogP contribution in [0.5, 0.6) is 0 Å². The maximum Gasteiger partial charge on any atom is 0.129 e. The van der Waals surface area contributed by atoms with Crippen molar-refractivity contribution in [1.82, 2.24) is 0 Å². The van der Waals surface area contributed by atoms with Crippen LogP contribution in [0, 0.1) is 108 Å². The average molecular weight is 1040 g/mol. The predicted octanol–water partition coefficient (Wildman–Crippen LogP) is 14.0. The second-order valence-electron chi connectivity index (χ2n) is 21.6. The Kier molecular flexibility index (Phi) is 16.1. The molecule has 0 aliphatic heterocycles. The fourth-order valence-corrected chi connectivity index (χ4v) is 8.19. The van der Waals surface area contributed by atoms with Crippen LogP contribution in [0.15, 0.2) is 109 Å². The van der Waals surface area contributed by atoms with Gasteiger partial charge in [-0.3, -0.25) is 0 Å². The molecule has 0 bridgehead atoms. The van der Waals surface area contributed by atoms with Crippen molar-refractivity contribution in [3.8, 4) is 88.9 Å². The van der Waals surface area contributed by atoms with Gasteiger partial charge in [-0.15, -0.1) is 5.54 Å². The van der Waals surface area contributed by atoms with Crippen LogP contribution < -0.4 is 0 Å². The van der Waals surface area contributed by atoms with Gasteiger partial charge in [-0.25, -0.2) is 0 Å². The van der Waals surface area contributed by atoms with E-state index in [4.69, 9.17) is 0 Å². The van der Waals surface area contributed by atoms with E-state index in [0.717, 1.165) is 53.6 Å². The normalized spacial score (nSPS) is 10.7. The number of rotatable bonds is 0. The van der Waals surface area contributed by atoms with E-state index in [-0.39, 0.29) is 16.2 Å². The van der Waals surface area contributed by atoms with E-state index in [2.05, 4.69) is 230 Å². The predicted molar refractivity (Wildman–Crippen MR) is 302 cm³/mol. The molecule has 3 nitrogen and oxygen atoms in total. The molecule has 0 saturated carbocycles. The molecular formula is C66H54IN3Si. The molecule has 0 saturated heterocycles. The lowest BCUT2D eigenvalue weighted by atomic mass is 9.85. The molecule has 0 aromatic heterocycles. The lowest BCUT2D eigenvalue weighted by Gasteiger charge is -2.19. The van der Waals surface area contributed by atoms with E-state index in [0.29, 0.717) is 38.9 Å². The van der Waals surface area contributed by atoms with Gasteiger partial charge in [0.1, 0.15) is 8.07 Å². The summed E-state index contributed by atoms with van der Waals surface area (Å²) in [6.45, 7) is 26.2. The summed E-state index contributed by atoms with van der Waals surface area (Å²) in [5, 5.41) is 29.5. The van der Waals surface area contributed by atoms with Gasteiger partial charge in [-0.1, -0.05) is 147 Å². The number of nitrogens with zero attached hydrogens (tertiary/aromatic N) is 3. The Morgan fingerprint density at radius 2 is 0.479 bits per heavy atom. The second kappa shape index (κ2) is 21.8. The van der Waals surface area contributed by atoms with Gasteiger partial charge in [0.25, 0.3) is 0 Å². The van der Waals surface area contributed by atoms with Gasteiger partial charge in [-0.2, -0.15) is 15.8 Å². The molecule has 0 spiro atoms. The number of nitriles is 3. The Morgan fingerprint density at radius 3 is 0.704 bits per heavy atom. The number of hydrogen-bond acceptors (Lipinski definition) is 3. The highest BCUT2D eigenvalue weighted by Crippen LogP contribution is 2.27. The monoisotopic (exact) mass is 1040 g/mol. The highest BCUT2D eigenvalue weighted by Gasteiger charge is 2.18. The smallest absolute Gasteiger partial charge is 0.129 e. The van der Waals surface area contributed by atoms with E-state index in [9.17, 15) is 15.8 Å². The molecule has 6 aromatic carbocycles. The lowest BCUT2D eigenvalue weighted by Crippen LogP contribution is -2.16. The molecule has 6 rings (SSSR count). The molecular weight excluding hydrogens is 990 g/mol. The molecule has 0 radical (unpaired) electrons. The van der Waals surface area contributed by atoms with Crippen molar-refractivity contribution in [3.05, 3.63) is 207 Å². The Balaban J connectivity index is 1.33. The number of halogens is 1. The molecule has 0 aliphatic rings. The zero-order valence-electron chi connectivity index (χ0n) is 42.6. The van der Waals surface area contributed by atoms with Crippen LogP contribution in [0.1, 0.15) is 157 Å². The fourth-order valence-electron chi connectivity index (χ4n) is 7.00. The first kappa shape index (κ1) is 52.5. The van der Waals surface area contributed by atoms with Gasteiger partial charge >= 0.3 is 0 Å². The van der Waals surface area contributed by atoms with Gasteiger partial charge in [-0.05, 0) is 165 Å². The van der Waals surface area contributed by atoms with Crippen molar-refractivity contribution in [2.24, 2.45) is 0 Å². The summed E-state index contributed by atoms with van der Waals surface area (Å²) in [5.74, 6) is 36.5. The summed E-state index contributed by atoms with van der Waals surface area (Å²) in [6, 6.07) is 41.9. The quantitative estimate of drug-likeness (QED) is 0.0864. The molecule has 0 atom stereocenters. The third-order valence-electron chi connectivity index (χ3n) is 10.9. The molecule has 71 heavy (non-hydrogen) atoms. The maximum atomic E-state index is 10.0. The standard InChI is InChI=1S/C66H54IN3Si/c1-64(2,3)60-35-50(27-51(36-60)18-14-48-26-49(33-58(32-48)44-69)16-20-54-29-56(23-24-71(10,11)12)40-62(39-54)66(7,8)9)17-13-46-25-47(31-57(30-46)43-68)15-19-52-28-53(38-61(37-52)65(4,5)6)21-22-55-34-59(45-70)42-63(67)41-55/h25-42H,1-12H3. The van der Waals surface area contributed by atoms with Gasteiger partial charge in [0.15, 0.2) is 0 Å². The van der Waals surface area contributed by atoms with E-state index in [1.165, 1.54) is 5.56 Å². The number of benzene rings is 6. The zero-order valence-corrected chi connectivity index (χ0v) is 45.8. The minimum absolute atomic E-state index is 0.0768. The van der Waals surface area contributed by atoms with Crippen molar-refractivity contribution < 1.29 is 0 Å². The van der Waals surface area contributed by atoms with E-state index in [1.54, 1.807) is 30.3 Å². The fraction of sp³-hybridized carbons (Fsp3) is 0.227. The summed E-state index contributed by atoms with van der Waals surface area (Å²) < 4.78 is 0.950. The van der Waals surface area contributed by atoms with Gasteiger partial charge in [0.2, 0.25) is 0 Å². The summed E-state index contributed by atoms with van der Waals surface area (Å²) in [4.78, 5) is 0. The minimum atomic E-state index is -1.58.